The van der Waals surface area contributed by atoms with Gasteiger partial charge in [-0.2, -0.15) is 0 Å². The molecule has 1 aliphatic heterocycles. The number of nitrogens with zero attached hydrogens (tertiary/aromatic N) is 3. The first kappa shape index (κ1) is 17.6. The molecular formula is C22H25N3O2. The van der Waals surface area contributed by atoms with Crippen molar-refractivity contribution in [2.75, 3.05) is 44.2 Å². The SMILES string of the molecule is Cn1c(=O)ccc2c(OCCN3CCN(c4ccccc4)CC3)cccc21. The predicted octanol–water partition coefficient (Wildman–Crippen LogP) is 2.74. The summed E-state index contributed by atoms with van der Waals surface area (Å²) in [4.78, 5) is 16.7. The molecule has 5 nitrogen and oxygen atoms in total. The number of anilines is 1. The van der Waals surface area contributed by atoms with Crippen molar-refractivity contribution in [2.24, 2.45) is 7.05 Å². The van der Waals surface area contributed by atoms with Crippen LogP contribution in [-0.2, 0) is 7.05 Å². The van der Waals surface area contributed by atoms with Gasteiger partial charge >= 0.3 is 0 Å². The number of piperazine rings is 1. The molecule has 5 heteroatoms. The molecule has 0 atom stereocenters. The smallest absolute Gasteiger partial charge is 0.250 e. The van der Waals surface area contributed by atoms with Gasteiger partial charge in [-0.15, -0.1) is 0 Å². The van der Waals surface area contributed by atoms with Crippen molar-refractivity contribution in [1.29, 1.82) is 0 Å². The molecule has 0 radical (unpaired) electrons. The van der Waals surface area contributed by atoms with Gasteiger partial charge in [0.25, 0.3) is 5.56 Å². The van der Waals surface area contributed by atoms with Crippen LogP contribution < -0.4 is 15.2 Å². The second-order valence-electron chi connectivity index (χ2n) is 6.93. The minimum atomic E-state index is -0.00376. The maximum absolute atomic E-state index is 11.8. The van der Waals surface area contributed by atoms with Gasteiger partial charge in [-0.1, -0.05) is 24.3 Å². The van der Waals surface area contributed by atoms with Crippen LogP contribution in [0.25, 0.3) is 10.9 Å². The van der Waals surface area contributed by atoms with Crippen LogP contribution in [0.5, 0.6) is 5.75 Å². The fraction of sp³-hybridized carbons (Fsp3) is 0.318. The molecule has 1 aromatic heterocycles. The topological polar surface area (TPSA) is 37.7 Å². The predicted molar refractivity (Wildman–Crippen MR) is 110 cm³/mol. The Bertz CT molecular complexity index is 960. The van der Waals surface area contributed by atoms with Gasteiger partial charge in [0.15, 0.2) is 0 Å². The van der Waals surface area contributed by atoms with E-state index in [1.165, 1.54) is 5.69 Å². The number of hydrogen-bond donors (Lipinski definition) is 0. The highest BCUT2D eigenvalue weighted by Crippen LogP contribution is 2.24. The second-order valence-corrected chi connectivity index (χ2v) is 6.93. The molecule has 2 aromatic carbocycles. The summed E-state index contributed by atoms with van der Waals surface area (Å²) in [5.41, 5.74) is 2.20. The average Bonchev–Trinajstić information content (AvgIpc) is 2.72. The van der Waals surface area contributed by atoms with Crippen LogP contribution in [0.4, 0.5) is 5.69 Å². The van der Waals surface area contributed by atoms with Gasteiger partial charge in [0.2, 0.25) is 0 Å². The summed E-state index contributed by atoms with van der Waals surface area (Å²) in [6.45, 7) is 5.73. The summed E-state index contributed by atoms with van der Waals surface area (Å²) < 4.78 is 7.72. The molecule has 140 valence electrons. The zero-order chi connectivity index (χ0) is 18.6. The van der Waals surface area contributed by atoms with Crippen LogP contribution in [0.15, 0.2) is 65.5 Å². The van der Waals surface area contributed by atoms with E-state index in [0.717, 1.165) is 49.4 Å². The molecule has 27 heavy (non-hydrogen) atoms. The van der Waals surface area contributed by atoms with E-state index >= 15 is 0 Å². The molecule has 0 bridgehead atoms. The van der Waals surface area contributed by atoms with Gasteiger partial charge in [-0.3, -0.25) is 9.69 Å². The first-order valence-corrected chi connectivity index (χ1v) is 9.46. The summed E-state index contributed by atoms with van der Waals surface area (Å²) in [7, 11) is 1.79. The molecular weight excluding hydrogens is 338 g/mol. The number of pyridine rings is 1. The van der Waals surface area contributed by atoms with Crippen molar-refractivity contribution >= 4 is 16.6 Å². The van der Waals surface area contributed by atoms with Gasteiger partial charge < -0.3 is 14.2 Å². The number of rotatable bonds is 5. The lowest BCUT2D eigenvalue weighted by Crippen LogP contribution is -2.47. The fourth-order valence-electron chi connectivity index (χ4n) is 3.66. The maximum atomic E-state index is 11.8. The number of aromatic nitrogens is 1. The third kappa shape index (κ3) is 3.83. The van der Waals surface area contributed by atoms with Crippen molar-refractivity contribution in [3.63, 3.8) is 0 Å². The minimum Gasteiger partial charge on any atom is -0.492 e. The monoisotopic (exact) mass is 363 g/mol. The van der Waals surface area contributed by atoms with E-state index in [0.29, 0.717) is 6.61 Å². The molecule has 0 unspecified atom stereocenters. The van der Waals surface area contributed by atoms with E-state index in [4.69, 9.17) is 4.74 Å². The molecule has 0 amide bonds. The van der Waals surface area contributed by atoms with Crippen LogP contribution in [0.1, 0.15) is 0 Å². The average molecular weight is 363 g/mol. The first-order valence-electron chi connectivity index (χ1n) is 9.46. The molecule has 4 rings (SSSR count). The number of aryl methyl sites for hydroxylation is 1. The van der Waals surface area contributed by atoms with Crippen molar-refractivity contribution < 1.29 is 4.74 Å². The van der Waals surface area contributed by atoms with E-state index in [-0.39, 0.29) is 5.56 Å². The Labute approximate surface area is 159 Å². The summed E-state index contributed by atoms with van der Waals surface area (Å²) in [6, 6.07) is 19.9. The van der Waals surface area contributed by atoms with Gasteiger partial charge in [0, 0.05) is 56.9 Å². The molecule has 0 aliphatic carbocycles. The number of benzene rings is 2. The van der Waals surface area contributed by atoms with E-state index in [9.17, 15) is 4.79 Å². The van der Waals surface area contributed by atoms with Crippen molar-refractivity contribution in [3.8, 4) is 5.75 Å². The molecule has 0 N–H and O–H groups in total. The highest BCUT2D eigenvalue weighted by atomic mass is 16.5. The van der Waals surface area contributed by atoms with Gasteiger partial charge in [-0.25, -0.2) is 0 Å². The Morgan fingerprint density at radius 2 is 1.67 bits per heavy atom. The summed E-state index contributed by atoms with van der Waals surface area (Å²) in [6.07, 6.45) is 0. The van der Waals surface area contributed by atoms with Crippen molar-refractivity contribution in [1.82, 2.24) is 9.47 Å². The van der Waals surface area contributed by atoms with Gasteiger partial charge in [0.1, 0.15) is 12.4 Å². The van der Waals surface area contributed by atoms with E-state index in [1.807, 2.05) is 24.3 Å². The molecule has 1 fully saturated rings. The summed E-state index contributed by atoms with van der Waals surface area (Å²) in [5.74, 6) is 0.839. The van der Waals surface area contributed by atoms with Crippen LogP contribution in [-0.4, -0.2) is 48.8 Å². The maximum Gasteiger partial charge on any atom is 0.250 e. The Balaban J connectivity index is 1.33. The second kappa shape index (κ2) is 7.84. The van der Waals surface area contributed by atoms with Crippen molar-refractivity contribution in [3.05, 3.63) is 71.0 Å². The minimum absolute atomic E-state index is 0.00376. The Kier molecular flexibility index (Phi) is 5.12. The lowest BCUT2D eigenvalue weighted by atomic mass is 10.2. The molecule has 0 spiro atoms. The van der Waals surface area contributed by atoms with E-state index in [1.54, 1.807) is 17.7 Å². The molecule has 1 aliphatic rings. The third-order valence-corrected chi connectivity index (χ3v) is 5.29. The normalized spacial score (nSPS) is 15.2. The van der Waals surface area contributed by atoms with Crippen LogP contribution in [0.2, 0.25) is 0 Å². The Hall–Kier alpha value is -2.79. The lowest BCUT2D eigenvalue weighted by molar-refractivity contribution is 0.201. The van der Waals surface area contributed by atoms with Crippen LogP contribution >= 0.6 is 0 Å². The molecule has 2 heterocycles. The zero-order valence-corrected chi connectivity index (χ0v) is 15.7. The van der Waals surface area contributed by atoms with Crippen LogP contribution in [0, 0.1) is 0 Å². The summed E-state index contributed by atoms with van der Waals surface area (Å²) >= 11 is 0. The van der Waals surface area contributed by atoms with Crippen molar-refractivity contribution in [2.45, 2.75) is 0 Å². The Morgan fingerprint density at radius 3 is 2.44 bits per heavy atom. The van der Waals surface area contributed by atoms with Gasteiger partial charge in [0.05, 0.1) is 5.52 Å². The van der Waals surface area contributed by atoms with E-state index in [2.05, 4.69) is 40.1 Å². The van der Waals surface area contributed by atoms with Crippen LogP contribution in [0.3, 0.4) is 0 Å². The molecule has 1 saturated heterocycles. The molecule has 0 saturated carbocycles. The summed E-state index contributed by atoms with van der Waals surface area (Å²) in [5, 5.41) is 0.980. The quantitative estimate of drug-likeness (QED) is 0.699. The Morgan fingerprint density at radius 1 is 0.889 bits per heavy atom. The number of fused-ring (bicyclic) bond motifs is 1. The number of hydrogen-bond acceptors (Lipinski definition) is 4. The lowest BCUT2D eigenvalue weighted by Gasteiger charge is -2.36. The largest absolute Gasteiger partial charge is 0.492 e. The number of para-hydroxylation sites is 1. The first-order chi connectivity index (χ1) is 13.2. The third-order valence-electron chi connectivity index (χ3n) is 5.29. The van der Waals surface area contributed by atoms with E-state index < -0.39 is 0 Å². The zero-order valence-electron chi connectivity index (χ0n) is 15.7. The van der Waals surface area contributed by atoms with Gasteiger partial charge in [-0.05, 0) is 30.3 Å². The highest BCUT2D eigenvalue weighted by Gasteiger charge is 2.17. The number of ether oxygens (including phenoxy) is 1. The molecule has 3 aromatic rings. The standard InChI is InChI=1S/C22H25N3O2/c1-23-20-8-5-9-21(19(20)10-11-22(23)26)27-17-16-24-12-14-25(15-13-24)18-6-3-2-4-7-18/h2-11H,12-17H2,1H3. The fourth-order valence-corrected chi connectivity index (χ4v) is 3.66. The highest BCUT2D eigenvalue weighted by molar-refractivity contribution is 5.85.